The van der Waals surface area contributed by atoms with Crippen LogP contribution in [0.25, 0.3) is 17.0 Å². The standard InChI is InChI=1S/C47H62N8O16/c1-24(10-6-4-5-7-11-25-14-16-27(71-3)17-15-25)38(61)39(62)37-40(63)44(66)53-42-41(64)45(67)54-47(42,70)20-35(60)55(2)23-34(59)50-31(19-29-28-12-8-9-13-30(28)51-36(29)46(68)69)43(65)49-22-33(58)48-21-26(56)18-32(57)52-37/h7-9,11-17,24,26,31,37-42,51,56,61-64,70H,4-6,10,18-23H2,1-3H3,(H,48,58)(H,49,65)(H,50,59)(H,52,57)(H,53,66)(H,54,67)(H,68,69). The number of rotatable bonds is 13. The SMILES string of the molecule is COc1ccc(C=CCCCCC(C)C(O)C(O)C2NC(=O)CC(O)CNC(=O)CNC(=O)C(Cc3c(C(=O)O)[nH]c4ccccc34)NC(=O)CN(C)C(=O)CC3(O)NC(=O)C(O)C3NC(=O)C2O)cc1. The summed E-state index contributed by atoms with van der Waals surface area (Å²) in [7, 11) is 2.68. The number of unbranched alkanes of at least 4 members (excludes halogenated alkanes) is 2. The molecule has 14 N–H and O–H groups in total. The molecule has 2 aliphatic heterocycles. The number of nitrogens with one attached hydrogen (secondary N) is 7. The number of H-pyrrole nitrogens is 1. The fourth-order valence-electron chi connectivity index (χ4n) is 8.30. The lowest BCUT2D eigenvalue weighted by molar-refractivity contribution is -0.146. The van der Waals surface area contributed by atoms with E-state index in [2.05, 4.69) is 31.6 Å². The van der Waals surface area contributed by atoms with E-state index >= 15 is 0 Å². The average molecular weight is 995 g/mol. The van der Waals surface area contributed by atoms with Crippen molar-refractivity contribution in [2.24, 2.45) is 5.92 Å². The second-order valence-corrected chi connectivity index (χ2v) is 17.8. The fraction of sp³-hybridized carbons (Fsp3) is 0.489. The highest BCUT2D eigenvalue weighted by molar-refractivity contribution is 5.99. The summed E-state index contributed by atoms with van der Waals surface area (Å²) in [6, 6.07) is 8.16. The molecule has 2 aliphatic rings. The van der Waals surface area contributed by atoms with Crippen LogP contribution in [0.1, 0.15) is 67.1 Å². The number of fused-ring (bicyclic) bond motifs is 2. The number of benzene rings is 2. The molecule has 3 aromatic rings. The lowest BCUT2D eigenvalue weighted by Crippen LogP contribution is -2.64. The number of hydrogen-bond donors (Lipinski definition) is 14. The van der Waals surface area contributed by atoms with E-state index in [1.807, 2.05) is 41.7 Å². The van der Waals surface area contributed by atoms with E-state index in [4.69, 9.17) is 4.74 Å². The molecule has 2 saturated heterocycles. The number of nitrogens with zero attached hydrogens (tertiary/aromatic N) is 1. The lowest BCUT2D eigenvalue weighted by Gasteiger charge is -2.35. The molecule has 0 saturated carbocycles. The smallest absolute Gasteiger partial charge is 0.352 e. The monoisotopic (exact) mass is 994 g/mol. The van der Waals surface area contributed by atoms with Crippen LogP contribution >= 0.6 is 0 Å². The van der Waals surface area contributed by atoms with Crippen molar-refractivity contribution >= 4 is 64.3 Å². The van der Waals surface area contributed by atoms with Gasteiger partial charge in [-0.15, -0.1) is 0 Å². The number of para-hydroxylation sites is 1. The van der Waals surface area contributed by atoms with E-state index in [0.717, 1.165) is 23.3 Å². The van der Waals surface area contributed by atoms with E-state index in [1.165, 1.54) is 0 Å². The van der Waals surface area contributed by atoms with Gasteiger partial charge in [0.25, 0.3) is 11.8 Å². The van der Waals surface area contributed by atoms with Gasteiger partial charge in [0.2, 0.25) is 29.5 Å². The molecule has 0 aliphatic carbocycles. The van der Waals surface area contributed by atoms with Crippen LogP contribution in [-0.4, -0.2) is 181 Å². The maximum atomic E-state index is 13.8. The second-order valence-electron chi connectivity index (χ2n) is 17.8. The quantitative estimate of drug-likeness (QED) is 0.0754. The summed E-state index contributed by atoms with van der Waals surface area (Å²) in [5, 5.41) is 91.1. The first-order valence-corrected chi connectivity index (χ1v) is 22.9. The van der Waals surface area contributed by atoms with Gasteiger partial charge in [0.1, 0.15) is 29.6 Å². The van der Waals surface area contributed by atoms with Crippen molar-refractivity contribution < 1.29 is 78.8 Å². The van der Waals surface area contributed by atoms with E-state index < -0.39 is 147 Å². The highest BCUT2D eigenvalue weighted by atomic mass is 16.5. The Morgan fingerprint density at radius 1 is 0.873 bits per heavy atom. The Hall–Kier alpha value is -6.96. The van der Waals surface area contributed by atoms with Crippen LogP contribution in [0.15, 0.2) is 54.6 Å². The molecule has 2 aromatic carbocycles. The van der Waals surface area contributed by atoms with E-state index in [0.29, 0.717) is 36.6 Å². The number of aromatic nitrogens is 1. The van der Waals surface area contributed by atoms with Gasteiger partial charge in [0.05, 0.1) is 51.3 Å². The molecule has 3 heterocycles. The molecule has 0 spiro atoms. The number of ether oxygens (including phenoxy) is 1. The molecular weight excluding hydrogens is 933 g/mol. The van der Waals surface area contributed by atoms with Crippen LogP contribution in [-0.2, 0) is 40.0 Å². The zero-order valence-electron chi connectivity index (χ0n) is 39.3. The first-order chi connectivity index (χ1) is 33.6. The molecule has 71 heavy (non-hydrogen) atoms. The Kier molecular flexibility index (Phi) is 19.2. The number of amides is 7. The molecule has 10 atom stereocenters. The average Bonchev–Trinajstić information content (AvgIpc) is 3.80. The Balaban J connectivity index is 1.34. The van der Waals surface area contributed by atoms with Crippen molar-refractivity contribution in [2.45, 2.75) is 106 Å². The fourth-order valence-corrected chi connectivity index (χ4v) is 8.30. The van der Waals surface area contributed by atoms with E-state index in [1.54, 1.807) is 38.3 Å². The number of aliphatic hydroxyl groups excluding tert-OH is 5. The molecule has 0 bridgehead atoms. The summed E-state index contributed by atoms with van der Waals surface area (Å²) in [4.78, 5) is 109. The van der Waals surface area contributed by atoms with Crippen LogP contribution in [0, 0.1) is 5.92 Å². The van der Waals surface area contributed by atoms with Crippen molar-refractivity contribution in [2.75, 3.05) is 33.8 Å². The number of hydrogen-bond acceptors (Lipinski definition) is 15. The topological polar surface area (TPSA) is 379 Å². The minimum atomic E-state index is -2.78. The van der Waals surface area contributed by atoms with Gasteiger partial charge >= 0.3 is 5.97 Å². The molecule has 0 radical (unpaired) electrons. The zero-order valence-corrected chi connectivity index (χ0v) is 39.3. The largest absolute Gasteiger partial charge is 0.497 e. The van der Waals surface area contributed by atoms with Crippen molar-refractivity contribution in [3.8, 4) is 5.75 Å². The number of methoxy groups -OCH3 is 1. The van der Waals surface area contributed by atoms with Gasteiger partial charge in [0, 0.05) is 30.9 Å². The highest BCUT2D eigenvalue weighted by Gasteiger charge is 2.55. The Morgan fingerprint density at radius 2 is 1.58 bits per heavy atom. The maximum absolute atomic E-state index is 13.8. The first kappa shape index (κ1) is 55.0. The number of likely N-dealkylation sites (N-methyl/N-ethyl adjacent to an activating group) is 1. The third kappa shape index (κ3) is 14.6. The second kappa shape index (κ2) is 24.7. The minimum absolute atomic E-state index is 0.108. The first-order valence-electron chi connectivity index (χ1n) is 22.9. The molecule has 5 rings (SSSR count). The van der Waals surface area contributed by atoms with Gasteiger partial charge in [-0.3, -0.25) is 33.6 Å². The maximum Gasteiger partial charge on any atom is 0.352 e. The van der Waals surface area contributed by atoms with E-state index in [9.17, 15) is 74.1 Å². The predicted octanol–water partition coefficient (Wildman–Crippen LogP) is -3.11. The van der Waals surface area contributed by atoms with Crippen LogP contribution in [0.3, 0.4) is 0 Å². The summed E-state index contributed by atoms with van der Waals surface area (Å²) in [5.41, 5.74) is -1.61. The summed E-state index contributed by atoms with van der Waals surface area (Å²) in [6.45, 7) is -0.564. The number of aromatic carboxylic acids is 1. The third-order valence-electron chi connectivity index (χ3n) is 12.4. The molecular formula is C47H62N8O16. The lowest BCUT2D eigenvalue weighted by atomic mass is 9.88. The molecule has 10 unspecified atom stereocenters. The number of aromatic amines is 1. The molecule has 2 fully saturated rings. The van der Waals surface area contributed by atoms with Crippen molar-refractivity contribution in [3.63, 3.8) is 0 Å². The number of carboxylic acid groups (broad SMARTS) is 1. The van der Waals surface area contributed by atoms with Gasteiger partial charge in [-0.2, -0.15) is 0 Å². The number of carboxylic acids is 1. The van der Waals surface area contributed by atoms with Gasteiger partial charge < -0.3 is 82.3 Å². The number of β-amino-alcohol motifs (C(OH)–C–C–N with tert-alkyl or cyclic N) is 1. The Bertz CT molecular complexity index is 2450. The van der Waals surface area contributed by atoms with Crippen molar-refractivity contribution in [1.82, 2.24) is 41.8 Å². The summed E-state index contributed by atoms with van der Waals surface area (Å²) < 4.78 is 5.17. The summed E-state index contributed by atoms with van der Waals surface area (Å²) in [6.07, 6.45) is -6.36. The molecule has 386 valence electrons. The summed E-state index contributed by atoms with van der Waals surface area (Å²) >= 11 is 0. The van der Waals surface area contributed by atoms with Gasteiger partial charge in [-0.05, 0) is 54.5 Å². The minimum Gasteiger partial charge on any atom is -0.497 e. The van der Waals surface area contributed by atoms with Gasteiger partial charge in [0.15, 0.2) is 17.9 Å². The normalized spacial score (nSPS) is 26.0. The molecule has 24 heteroatoms. The van der Waals surface area contributed by atoms with E-state index in [-0.39, 0.29) is 11.3 Å². The molecule has 7 amide bonds. The summed E-state index contributed by atoms with van der Waals surface area (Å²) in [5.74, 6) is -9.14. The Labute approximate surface area is 407 Å². The number of carbonyl (C=O) groups is 8. The van der Waals surface area contributed by atoms with Crippen LogP contribution in [0.4, 0.5) is 0 Å². The van der Waals surface area contributed by atoms with Crippen molar-refractivity contribution in [3.05, 3.63) is 71.4 Å². The van der Waals surface area contributed by atoms with Crippen LogP contribution in [0.2, 0.25) is 0 Å². The Morgan fingerprint density at radius 3 is 2.27 bits per heavy atom. The van der Waals surface area contributed by atoms with Crippen molar-refractivity contribution in [1.29, 1.82) is 0 Å². The molecule has 1 aromatic heterocycles. The van der Waals surface area contributed by atoms with Gasteiger partial charge in [-0.25, -0.2) is 4.79 Å². The van der Waals surface area contributed by atoms with Gasteiger partial charge in [-0.1, -0.05) is 55.8 Å². The van der Waals surface area contributed by atoms with Crippen LogP contribution in [0.5, 0.6) is 5.75 Å². The number of allylic oxidation sites excluding steroid dienone is 1. The highest BCUT2D eigenvalue weighted by Crippen LogP contribution is 2.27. The number of aliphatic hydroxyl groups is 6. The number of carbonyl (C=O) groups excluding carboxylic acids is 7. The third-order valence-corrected chi connectivity index (χ3v) is 12.4. The van der Waals surface area contributed by atoms with Crippen LogP contribution < -0.4 is 36.6 Å². The zero-order chi connectivity index (χ0) is 52.2. The predicted molar refractivity (Wildman–Crippen MR) is 250 cm³/mol. The molecule has 24 nitrogen and oxygen atoms in total.